The number of hydrogen-bond acceptors (Lipinski definition) is 4. The van der Waals surface area contributed by atoms with Gasteiger partial charge >= 0.3 is 10.2 Å². The van der Waals surface area contributed by atoms with Crippen LogP contribution in [0.25, 0.3) is 10.9 Å². The number of piperazine rings is 1. The number of hydrogen-bond donors (Lipinski definition) is 1. The Kier molecular flexibility index (Phi) is 6.73. The van der Waals surface area contributed by atoms with E-state index >= 15 is 0 Å². The highest BCUT2D eigenvalue weighted by molar-refractivity contribution is 8.45. The van der Waals surface area contributed by atoms with Crippen LogP contribution in [-0.2, 0) is 4.79 Å². The topological polar surface area (TPSA) is 48.5 Å². The van der Waals surface area contributed by atoms with Crippen molar-refractivity contribution < 1.29 is 28.6 Å². The van der Waals surface area contributed by atoms with Crippen molar-refractivity contribution in [3.63, 3.8) is 0 Å². The second-order valence-corrected chi connectivity index (χ2v) is 10.6. The highest BCUT2D eigenvalue weighted by Crippen LogP contribution is 3.02. The van der Waals surface area contributed by atoms with Crippen molar-refractivity contribution in [1.29, 1.82) is 0 Å². The van der Waals surface area contributed by atoms with Crippen molar-refractivity contribution in [2.24, 2.45) is 0 Å². The summed E-state index contributed by atoms with van der Waals surface area (Å²) in [6, 6.07) is 7.74. The first-order chi connectivity index (χ1) is 15.7. The average Bonchev–Trinajstić information content (AvgIpc) is 2.77. The summed E-state index contributed by atoms with van der Waals surface area (Å²) in [4.78, 5) is 18.8. The molecular formula is C22H23ClF6N4OS. The zero-order valence-electron chi connectivity index (χ0n) is 18.4. The lowest BCUT2D eigenvalue weighted by Crippen LogP contribution is -2.52. The van der Waals surface area contributed by atoms with Crippen LogP contribution >= 0.6 is 22.6 Å². The molecule has 1 amide bonds. The number of carbonyl (C=O) groups excluding carboxylic acids is 1. The van der Waals surface area contributed by atoms with Crippen LogP contribution in [0.2, 0.25) is 0 Å². The second kappa shape index (κ2) is 8.75. The Bertz CT molecular complexity index is 1240. The average molecular weight is 541 g/mol. The van der Waals surface area contributed by atoms with E-state index in [2.05, 4.69) is 15.2 Å². The predicted octanol–water partition coefficient (Wildman–Crippen LogP) is 6.60. The molecule has 13 heteroatoms. The van der Waals surface area contributed by atoms with Crippen molar-refractivity contribution in [3.8, 4) is 0 Å². The maximum atomic E-state index is 13.7. The summed E-state index contributed by atoms with van der Waals surface area (Å²) in [5.41, 5.74) is 1.50. The Morgan fingerprint density at radius 2 is 1.60 bits per heavy atom. The minimum Gasteiger partial charge on any atom is -0.368 e. The van der Waals surface area contributed by atoms with Crippen LogP contribution < -0.4 is 10.2 Å². The highest BCUT2D eigenvalue weighted by atomic mass is 35.5. The van der Waals surface area contributed by atoms with Crippen molar-refractivity contribution >= 4 is 50.8 Å². The van der Waals surface area contributed by atoms with Gasteiger partial charge in [0.15, 0.2) is 0 Å². The number of rotatable bonds is 5. The number of nitrogens with one attached hydrogen (secondary N) is 1. The SMILES string of the molecule is CC(C(=O)Nc1ccc(S(F)(F)(F)(F)F)cc1)N1CCN(c2ccnc3ccc(F)cc23)CC1.Cl. The zero-order valence-corrected chi connectivity index (χ0v) is 20.1. The first-order valence-electron chi connectivity index (χ1n) is 10.4. The van der Waals surface area contributed by atoms with E-state index in [1.807, 2.05) is 11.0 Å². The zero-order chi connectivity index (χ0) is 24.8. The molecule has 3 aromatic rings. The van der Waals surface area contributed by atoms with Gasteiger partial charge < -0.3 is 10.2 Å². The summed E-state index contributed by atoms with van der Waals surface area (Å²) in [5.74, 6) is -0.829. The van der Waals surface area contributed by atoms with Gasteiger partial charge in [-0.15, -0.1) is 12.4 Å². The Labute approximate surface area is 204 Å². The van der Waals surface area contributed by atoms with Gasteiger partial charge in [-0.3, -0.25) is 14.7 Å². The lowest BCUT2D eigenvalue weighted by atomic mass is 10.1. The molecule has 1 unspecified atom stereocenters. The molecule has 0 saturated carbocycles. The number of aromatic nitrogens is 1. The molecule has 0 radical (unpaired) electrons. The number of amides is 1. The minimum absolute atomic E-state index is 0. The number of carbonyl (C=O) groups is 1. The third-order valence-electron chi connectivity index (χ3n) is 5.83. The number of nitrogens with zero attached hydrogens (tertiary/aromatic N) is 3. The molecule has 0 aliphatic carbocycles. The van der Waals surface area contributed by atoms with Gasteiger partial charge in [-0.05, 0) is 55.5 Å². The third-order valence-corrected chi connectivity index (χ3v) is 6.99. The molecular weight excluding hydrogens is 518 g/mol. The maximum Gasteiger partial charge on any atom is 0.310 e. The molecule has 5 nitrogen and oxygen atoms in total. The van der Waals surface area contributed by atoms with E-state index in [9.17, 15) is 28.6 Å². The Morgan fingerprint density at radius 3 is 2.20 bits per heavy atom. The van der Waals surface area contributed by atoms with E-state index in [1.165, 1.54) is 12.1 Å². The predicted molar refractivity (Wildman–Crippen MR) is 129 cm³/mol. The quantitative estimate of drug-likeness (QED) is 0.370. The minimum atomic E-state index is -9.76. The number of anilines is 2. The van der Waals surface area contributed by atoms with Gasteiger partial charge in [0.1, 0.15) is 10.7 Å². The monoisotopic (exact) mass is 540 g/mol. The van der Waals surface area contributed by atoms with E-state index in [0.717, 1.165) is 17.8 Å². The first kappa shape index (κ1) is 26.9. The number of halogens is 7. The maximum absolute atomic E-state index is 13.7. The summed E-state index contributed by atoms with van der Waals surface area (Å²) in [5, 5.41) is 3.16. The van der Waals surface area contributed by atoms with Gasteiger partial charge in [0, 0.05) is 49.1 Å². The fourth-order valence-corrected chi connectivity index (χ4v) is 4.59. The summed E-state index contributed by atoms with van der Waals surface area (Å²) in [6.45, 7) is 3.80. The van der Waals surface area contributed by atoms with Crippen molar-refractivity contribution in [2.45, 2.75) is 17.9 Å². The molecule has 0 spiro atoms. The highest BCUT2D eigenvalue weighted by Gasteiger charge is 2.65. The Hall–Kier alpha value is -2.70. The largest absolute Gasteiger partial charge is 0.368 e. The molecule has 1 atom stereocenters. The molecule has 1 aliphatic heterocycles. The van der Waals surface area contributed by atoms with Crippen LogP contribution in [0.4, 0.5) is 35.2 Å². The van der Waals surface area contributed by atoms with Crippen LogP contribution in [0.15, 0.2) is 59.6 Å². The van der Waals surface area contributed by atoms with Gasteiger partial charge in [0.2, 0.25) is 5.91 Å². The molecule has 35 heavy (non-hydrogen) atoms. The lowest BCUT2D eigenvalue weighted by Gasteiger charge is -2.40. The first-order valence-corrected chi connectivity index (χ1v) is 12.3. The summed E-state index contributed by atoms with van der Waals surface area (Å²) >= 11 is 0. The molecule has 1 fully saturated rings. The Balaban J connectivity index is 0.00000342. The van der Waals surface area contributed by atoms with E-state index in [0.29, 0.717) is 37.1 Å². The summed E-state index contributed by atoms with van der Waals surface area (Å²) in [7, 11) is -9.76. The number of fused-ring (bicyclic) bond motifs is 1. The second-order valence-electron chi connectivity index (χ2n) is 8.17. The van der Waals surface area contributed by atoms with Crippen LogP contribution in [-0.4, -0.2) is 48.0 Å². The standard InChI is InChI=1S/C22H22F6N4OS.ClH/c1-15(22(33)30-17-3-5-18(6-4-17)34(24,25,26,27)28)31-10-12-32(13-11-31)21-8-9-29-20-7-2-16(23)14-19(20)21;/h2-9,14-15H,10-13H2,1H3,(H,30,33);1H. The molecule has 1 saturated heterocycles. The van der Waals surface area contributed by atoms with Crippen molar-refractivity contribution in [3.05, 3.63) is 60.5 Å². The molecule has 4 rings (SSSR count). The fraction of sp³-hybridized carbons (Fsp3) is 0.273. The van der Waals surface area contributed by atoms with Crippen LogP contribution in [0, 0.1) is 5.82 Å². The molecule has 2 aromatic carbocycles. The molecule has 1 aliphatic rings. The van der Waals surface area contributed by atoms with Crippen LogP contribution in [0.5, 0.6) is 0 Å². The lowest BCUT2D eigenvalue weighted by molar-refractivity contribution is -0.120. The summed E-state index contributed by atoms with van der Waals surface area (Å²) in [6.07, 6.45) is 1.65. The number of pyridine rings is 1. The van der Waals surface area contributed by atoms with E-state index < -0.39 is 27.1 Å². The molecule has 192 valence electrons. The van der Waals surface area contributed by atoms with Gasteiger partial charge in [-0.2, -0.15) is 0 Å². The molecule has 0 bridgehead atoms. The van der Waals surface area contributed by atoms with Gasteiger partial charge in [0.05, 0.1) is 11.6 Å². The van der Waals surface area contributed by atoms with Crippen LogP contribution in [0.3, 0.4) is 0 Å². The smallest absolute Gasteiger partial charge is 0.310 e. The summed E-state index contributed by atoms with van der Waals surface area (Å²) < 4.78 is 78.0. The van der Waals surface area contributed by atoms with Crippen molar-refractivity contribution in [1.82, 2.24) is 9.88 Å². The van der Waals surface area contributed by atoms with Gasteiger partial charge in [-0.1, -0.05) is 19.4 Å². The number of benzene rings is 2. The molecule has 1 aromatic heterocycles. The van der Waals surface area contributed by atoms with Gasteiger partial charge in [0.25, 0.3) is 0 Å². The molecule has 2 heterocycles. The van der Waals surface area contributed by atoms with E-state index in [4.69, 9.17) is 0 Å². The van der Waals surface area contributed by atoms with E-state index in [-0.39, 0.29) is 36.0 Å². The van der Waals surface area contributed by atoms with Gasteiger partial charge in [-0.25, -0.2) is 4.39 Å². The van der Waals surface area contributed by atoms with Crippen molar-refractivity contribution in [2.75, 3.05) is 36.4 Å². The Morgan fingerprint density at radius 1 is 0.971 bits per heavy atom. The van der Waals surface area contributed by atoms with Crippen LogP contribution in [0.1, 0.15) is 6.92 Å². The fourth-order valence-electron chi connectivity index (χ4n) is 3.94. The normalized spacial score (nSPS) is 17.7. The molecule has 1 N–H and O–H groups in total. The third kappa shape index (κ3) is 6.11. The van der Waals surface area contributed by atoms with E-state index in [1.54, 1.807) is 19.2 Å².